The van der Waals surface area contributed by atoms with Gasteiger partial charge in [0.15, 0.2) is 23.0 Å². The third-order valence-corrected chi connectivity index (χ3v) is 6.56. The van der Waals surface area contributed by atoms with Crippen LogP contribution in [0.5, 0.6) is 0 Å². The van der Waals surface area contributed by atoms with E-state index >= 15 is 0 Å². The Balaban J connectivity index is 1.49. The molecule has 10 nitrogen and oxygen atoms in total. The quantitative estimate of drug-likeness (QED) is 0.400. The zero-order valence-corrected chi connectivity index (χ0v) is 21.8. The van der Waals surface area contributed by atoms with Gasteiger partial charge in [-0.05, 0) is 43.4 Å². The molecule has 1 saturated heterocycles. The highest BCUT2D eigenvalue weighted by molar-refractivity contribution is 7.92. The first-order valence-electron chi connectivity index (χ1n) is 11.7. The van der Waals surface area contributed by atoms with E-state index in [9.17, 15) is 17.4 Å². The number of nitrogens with one attached hydrogen (secondary N) is 1. The Labute approximate surface area is 217 Å². The average molecular weight is 546 g/mol. The standard InChI is InChI=1S/C24H26F3N9OS/c1-34-11-13-35(14-12-34)17-9-7-16(8-10-17)29-23-28-15-18-21(24(25,26)27)32-36(22(18)31-23)20-6-4-5-19(30-20)33-38(2,3)37/h4-10,15H,11-14H2,1-3H3,(H,28,29,31). The van der Waals surface area contributed by atoms with Crippen molar-refractivity contribution in [2.24, 2.45) is 4.36 Å². The number of aromatic nitrogens is 5. The number of pyridine rings is 1. The van der Waals surface area contributed by atoms with E-state index in [1.165, 1.54) is 24.6 Å². The summed E-state index contributed by atoms with van der Waals surface area (Å²) in [6, 6.07) is 12.3. The molecule has 14 heteroatoms. The first-order chi connectivity index (χ1) is 18.0. The Hall–Kier alpha value is -3.78. The molecule has 5 rings (SSSR count). The molecule has 4 aromatic rings. The van der Waals surface area contributed by atoms with Crippen molar-refractivity contribution < 1.29 is 17.4 Å². The molecule has 0 aliphatic carbocycles. The lowest BCUT2D eigenvalue weighted by Gasteiger charge is -2.34. The van der Waals surface area contributed by atoms with Crippen LogP contribution in [0.1, 0.15) is 5.69 Å². The smallest absolute Gasteiger partial charge is 0.369 e. The molecule has 3 aromatic heterocycles. The summed E-state index contributed by atoms with van der Waals surface area (Å²) in [5, 5.41) is 6.55. The number of alkyl halides is 3. The maximum atomic E-state index is 13.8. The summed E-state index contributed by atoms with van der Waals surface area (Å²) < 4.78 is 58.4. The van der Waals surface area contributed by atoms with Crippen LogP contribution in [0.25, 0.3) is 16.9 Å². The van der Waals surface area contributed by atoms with E-state index < -0.39 is 21.6 Å². The zero-order chi connectivity index (χ0) is 27.1. The molecule has 0 saturated carbocycles. The summed E-state index contributed by atoms with van der Waals surface area (Å²) in [5.41, 5.74) is 0.563. The highest BCUT2D eigenvalue weighted by atomic mass is 32.2. The van der Waals surface area contributed by atoms with Gasteiger partial charge >= 0.3 is 6.18 Å². The Morgan fingerprint density at radius 2 is 1.71 bits per heavy atom. The van der Waals surface area contributed by atoms with Crippen LogP contribution in [0.3, 0.4) is 0 Å². The number of nitrogens with zero attached hydrogens (tertiary/aromatic N) is 8. The minimum Gasteiger partial charge on any atom is -0.369 e. The van der Waals surface area contributed by atoms with E-state index in [1.54, 1.807) is 6.07 Å². The Kier molecular flexibility index (Phi) is 6.69. The fraction of sp³-hybridized carbons (Fsp3) is 0.333. The maximum Gasteiger partial charge on any atom is 0.435 e. The molecular weight excluding hydrogens is 519 g/mol. The monoisotopic (exact) mass is 545 g/mol. The predicted molar refractivity (Wildman–Crippen MR) is 141 cm³/mol. The van der Waals surface area contributed by atoms with Crippen LogP contribution >= 0.6 is 0 Å². The van der Waals surface area contributed by atoms with Crippen LogP contribution in [0, 0.1) is 0 Å². The van der Waals surface area contributed by atoms with E-state index in [2.05, 4.69) is 46.6 Å². The molecule has 200 valence electrons. The lowest BCUT2D eigenvalue weighted by molar-refractivity contribution is -0.140. The van der Waals surface area contributed by atoms with Gasteiger partial charge in [-0.25, -0.2) is 14.2 Å². The largest absolute Gasteiger partial charge is 0.435 e. The number of anilines is 3. The van der Waals surface area contributed by atoms with E-state index in [0.29, 0.717) is 5.69 Å². The minimum absolute atomic E-state index is 0.0524. The summed E-state index contributed by atoms with van der Waals surface area (Å²) in [6.45, 7) is 3.85. The van der Waals surface area contributed by atoms with E-state index in [1.807, 2.05) is 24.3 Å². The first-order valence-corrected chi connectivity index (χ1v) is 14.1. The van der Waals surface area contributed by atoms with E-state index in [4.69, 9.17) is 0 Å². The number of likely N-dealkylation sites (N-methyl/N-ethyl adjacent to an activating group) is 1. The van der Waals surface area contributed by atoms with E-state index in [-0.39, 0.29) is 28.6 Å². The zero-order valence-electron chi connectivity index (χ0n) is 21.0. The molecule has 1 N–H and O–H groups in total. The molecule has 1 aromatic carbocycles. The van der Waals surface area contributed by atoms with Crippen molar-refractivity contribution >= 4 is 43.9 Å². The normalized spacial score (nSPS) is 15.2. The average Bonchev–Trinajstić information content (AvgIpc) is 3.24. The van der Waals surface area contributed by atoms with Gasteiger partial charge in [-0.1, -0.05) is 6.07 Å². The number of hydrogen-bond donors (Lipinski definition) is 1. The molecule has 0 atom stereocenters. The summed E-state index contributed by atoms with van der Waals surface area (Å²) in [5.74, 6) is 0.268. The van der Waals surface area contributed by atoms with Gasteiger partial charge in [0.2, 0.25) is 5.95 Å². The van der Waals surface area contributed by atoms with Crippen LogP contribution in [0.4, 0.5) is 36.3 Å². The van der Waals surface area contributed by atoms with Crippen LogP contribution in [-0.2, 0) is 15.9 Å². The number of rotatable bonds is 5. The molecule has 0 bridgehead atoms. The predicted octanol–water partition coefficient (Wildman–Crippen LogP) is 4.08. The third kappa shape index (κ3) is 5.70. The van der Waals surface area contributed by atoms with Crippen molar-refractivity contribution in [1.29, 1.82) is 0 Å². The second kappa shape index (κ2) is 9.83. The number of fused-ring (bicyclic) bond motifs is 1. The van der Waals surface area contributed by atoms with Gasteiger partial charge in [-0.2, -0.15) is 32.3 Å². The summed E-state index contributed by atoms with van der Waals surface area (Å²) in [6.07, 6.45) is -0.761. The fourth-order valence-corrected chi connectivity index (χ4v) is 4.64. The third-order valence-electron chi connectivity index (χ3n) is 5.93. The minimum atomic E-state index is -4.73. The molecule has 0 amide bonds. The molecule has 1 fully saturated rings. The van der Waals surface area contributed by atoms with Crippen molar-refractivity contribution in [2.75, 3.05) is 56.0 Å². The summed E-state index contributed by atoms with van der Waals surface area (Å²) in [7, 11) is -0.430. The Morgan fingerprint density at radius 1 is 1.00 bits per heavy atom. The van der Waals surface area contributed by atoms with Gasteiger partial charge in [0.05, 0.1) is 5.39 Å². The van der Waals surface area contributed by atoms with Crippen molar-refractivity contribution in [3.63, 3.8) is 0 Å². The topological polar surface area (TPSA) is 104 Å². The number of halogens is 3. The molecule has 38 heavy (non-hydrogen) atoms. The van der Waals surface area contributed by atoms with Crippen molar-refractivity contribution in [3.05, 3.63) is 54.4 Å². The van der Waals surface area contributed by atoms with Crippen LogP contribution in [0.15, 0.2) is 53.0 Å². The highest BCUT2D eigenvalue weighted by Crippen LogP contribution is 2.34. The molecule has 1 aliphatic heterocycles. The molecule has 0 unspecified atom stereocenters. The van der Waals surface area contributed by atoms with Crippen LogP contribution < -0.4 is 10.2 Å². The first kappa shape index (κ1) is 25.9. The summed E-state index contributed by atoms with van der Waals surface area (Å²) >= 11 is 0. The number of piperazine rings is 1. The van der Waals surface area contributed by atoms with Crippen LogP contribution in [-0.4, -0.2) is 79.6 Å². The Bertz CT molecular complexity index is 1580. The second-order valence-electron chi connectivity index (χ2n) is 9.28. The molecule has 0 radical (unpaired) electrons. The van der Waals surface area contributed by atoms with Gasteiger partial charge in [-0.3, -0.25) is 0 Å². The fourth-order valence-electron chi connectivity index (χ4n) is 4.09. The Morgan fingerprint density at radius 3 is 2.37 bits per heavy atom. The van der Waals surface area contributed by atoms with Crippen molar-refractivity contribution in [3.8, 4) is 5.82 Å². The second-order valence-corrected chi connectivity index (χ2v) is 11.8. The van der Waals surface area contributed by atoms with Gasteiger partial charge in [0.25, 0.3) is 0 Å². The van der Waals surface area contributed by atoms with Crippen molar-refractivity contribution in [2.45, 2.75) is 6.18 Å². The van der Waals surface area contributed by atoms with E-state index in [0.717, 1.165) is 42.7 Å². The lowest BCUT2D eigenvalue weighted by Crippen LogP contribution is -2.44. The molecule has 0 spiro atoms. The lowest BCUT2D eigenvalue weighted by atomic mass is 10.2. The van der Waals surface area contributed by atoms with Gasteiger partial charge < -0.3 is 15.1 Å². The SMILES string of the molecule is CN1CCN(c2ccc(Nc3ncc4c(C(F)(F)F)nn(-c5cccc(N=S(C)(C)=O)n5)c4n3)cc2)CC1. The number of benzene rings is 1. The molecule has 1 aliphatic rings. The molecule has 4 heterocycles. The van der Waals surface area contributed by atoms with Gasteiger partial charge in [-0.15, -0.1) is 0 Å². The summed E-state index contributed by atoms with van der Waals surface area (Å²) in [4.78, 5) is 17.3. The number of hydrogen-bond acceptors (Lipinski definition) is 9. The van der Waals surface area contributed by atoms with Gasteiger partial charge in [0.1, 0.15) is 0 Å². The van der Waals surface area contributed by atoms with Crippen LogP contribution in [0.2, 0.25) is 0 Å². The highest BCUT2D eigenvalue weighted by Gasteiger charge is 2.38. The maximum absolute atomic E-state index is 13.8. The van der Waals surface area contributed by atoms with Gasteiger partial charge in [0, 0.05) is 66.0 Å². The molecular formula is C24H26F3N9OS. The van der Waals surface area contributed by atoms with Crippen molar-refractivity contribution in [1.82, 2.24) is 29.6 Å².